The first kappa shape index (κ1) is 15.8. The summed E-state index contributed by atoms with van der Waals surface area (Å²) in [6.07, 6.45) is 2.59. The summed E-state index contributed by atoms with van der Waals surface area (Å²) in [7, 11) is 0. The Morgan fingerprint density at radius 3 is 2.48 bits per heavy atom. The average Bonchev–Trinajstić information content (AvgIpc) is 2.53. The molecular weight excluding hydrogens is 264 g/mol. The Balaban J connectivity index is 1.91. The molecule has 1 fully saturated rings. The normalized spacial score (nSPS) is 17.6. The Hall–Kier alpha value is -1.55. The molecular formula is C17H26N2O2. The maximum Gasteiger partial charge on any atom is 0.253 e. The topological polar surface area (TPSA) is 52.6 Å². The number of nitrogens with one attached hydrogen (secondary N) is 1. The van der Waals surface area contributed by atoms with Gasteiger partial charge in [-0.3, -0.25) is 4.79 Å². The van der Waals surface area contributed by atoms with Crippen molar-refractivity contribution in [1.29, 1.82) is 0 Å². The lowest BCUT2D eigenvalue weighted by Crippen LogP contribution is -2.40. The summed E-state index contributed by atoms with van der Waals surface area (Å²) in [4.78, 5) is 14.3. The number of aliphatic hydroxyl groups is 1. The third-order valence-electron chi connectivity index (χ3n) is 4.22. The summed E-state index contributed by atoms with van der Waals surface area (Å²) in [6.45, 7) is 6.39. The molecule has 0 saturated carbocycles. The lowest BCUT2D eigenvalue weighted by atomic mass is 9.92. The first-order chi connectivity index (χ1) is 10.1. The van der Waals surface area contributed by atoms with Crippen LogP contribution in [0.3, 0.4) is 0 Å². The number of hydrogen-bond acceptors (Lipinski definition) is 3. The first-order valence-corrected chi connectivity index (χ1v) is 7.93. The fourth-order valence-corrected chi connectivity index (χ4v) is 2.77. The lowest BCUT2D eigenvalue weighted by molar-refractivity contribution is 0.0521. The highest BCUT2D eigenvalue weighted by Gasteiger charge is 2.25. The van der Waals surface area contributed by atoms with Crippen LogP contribution in [0, 0.1) is 5.92 Å². The Morgan fingerprint density at radius 2 is 1.95 bits per heavy atom. The number of nitrogens with zero attached hydrogens (tertiary/aromatic N) is 1. The second-order valence-corrected chi connectivity index (χ2v) is 5.87. The summed E-state index contributed by atoms with van der Waals surface area (Å²) in [6, 6.07) is 7.71. The van der Waals surface area contributed by atoms with Crippen molar-refractivity contribution in [3.63, 3.8) is 0 Å². The van der Waals surface area contributed by atoms with Crippen LogP contribution in [-0.2, 0) is 0 Å². The fourth-order valence-electron chi connectivity index (χ4n) is 2.77. The van der Waals surface area contributed by atoms with E-state index in [9.17, 15) is 9.90 Å². The Bertz CT molecular complexity index is 448. The second kappa shape index (κ2) is 7.46. The summed E-state index contributed by atoms with van der Waals surface area (Å²) in [5, 5.41) is 12.9. The van der Waals surface area contributed by atoms with E-state index < -0.39 is 0 Å². The SMILES string of the molecule is CCCNc1ccc(C(=O)N2CCC(C(C)O)CC2)cc1. The summed E-state index contributed by atoms with van der Waals surface area (Å²) < 4.78 is 0. The van der Waals surface area contributed by atoms with Crippen molar-refractivity contribution < 1.29 is 9.90 Å². The van der Waals surface area contributed by atoms with Gasteiger partial charge in [0.2, 0.25) is 0 Å². The number of piperidine rings is 1. The number of hydrogen-bond donors (Lipinski definition) is 2. The van der Waals surface area contributed by atoms with Gasteiger partial charge in [-0.2, -0.15) is 0 Å². The molecule has 2 rings (SSSR count). The van der Waals surface area contributed by atoms with Crippen molar-refractivity contribution in [2.75, 3.05) is 25.0 Å². The van der Waals surface area contributed by atoms with Gasteiger partial charge in [0.15, 0.2) is 0 Å². The Labute approximate surface area is 127 Å². The van der Waals surface area contributed by atoms with E-state index in [0.29, 0.717) is 5.92 Å². The molecule has 1 heterocycles. The van der Waals surface area contributed by atoms with Crippen molar-refractivity contribution >= 4 is 11.6 Å². The van der Waals surface area contributed by atoms with Gasteiger partial charge < -0.3 is 15.3 Å². The summed E-state index contributed by atoms with van der Waals surface area (Å²) in [5.74, 6) is 0.427. The minimum atomic E-state index is -0.272. The molecule has 1 aliphatic heterocycles. The highest BCUT2D eigenvalue weighted by molar-refractivity contribution is 5.94. The molecule has 0 radical (unpaired) electrons. The third kappa shape index (κ3) is 4.21. The van der Waals surface area contributed by atoms with Gasteiger partial charge in [0, 0.05) is 30.9 Å². The zero-order valence-corrected chi connectivity index (χ0v) is 13.0. The number of carbonyl (C=O) groups excluding carboxylic acids is 1. The monoisotopic (exact) mass is 290 g/mol. The molecule has 4 heteroatoms. The summed E-state index contributed by atoms with van der Waals surface area (Å²) in [5.41, 5.74) is 1.80. The Morgan fingerprint density at radius 1 is 1.33 bits per heavy atom. The van der Waals surface area contributed by atoms with E-state index in [-0.39, 0.29) is 12.0 Å². The van der Waals surface area contributed by atoms with Crippen LogP contribution in [0.2, 0.25) is 0 Å². The molecule has 21 heavy (non-hydrogen) atoms. The Kier molecular flexibility index (Phi) is 5.62. The molecule has 0 aliphatic carbocycles. The van der Waals surface area contributed by atoms with Crippen LogP contribution in [0.25, 0.3) is 0 Å². The molecule has 0 bridgehead atoms. The van der Waals surface area contributed by atoms with Gasteiger partial charge in [0.05, 0.1) is 6.10 Å². The molecule has 1 unspecified atom stereocenters. The molecule has 116 valence electrons. The lowest BCUT2D eigenvalue weighted by Gasteiger charge is -2.33. The van der Waals surface area contributed by atoms with Gasteiger partial charge >= 0.3 is 0 Å². The van der Waals surface area contributed by atoms with E-state index in [2.05, 4.69) is 12.2 Å². The molecule has 1 aromatic carbocycles. The van der Waals surface area contributed by atoms with Crippen LogP contribution in [0.15, 0.2) is 24.3 Å². The highest BCUT2D eigenvalue weighted by atomic mass is 16.3. The molecule has 4 nitrogen and oxygen atoms in total. The minimum Gasteiger partial charge on any atom is -0.393 e. The predicted octanol–water partition coefficient (Wildman–Crippen LogP) is 2.74. The van der Waals surface area contributed by atoms with E-state index >= 15 is 0 Å². The zero-order chi connectivity index (χ0) is 15.2. The molecule has 2 N–H and O–H groups in total. The number of amides is 1. The van der Waals surface area contributed by atoms with Crippen molar-refractivity contribution in [2.45, 2.75) is 39.2 Å². The van der Waals surface area contributed by atoms with Crippen molar-refractivity contribution in [1.82, 2.24) is 4.90 Å². The number of rotatable bonds is 5. The minimum absolute atomic E-state index is 0.0982. The van der Waals surface area contributed by atoms with Crippen LogP contribution in [-0.4, -0.2) is 41.7 Å². The number of likely N-dealkylation sites (tertiary alicyclic amines) is 1. The summed E-state index contributed by atoms with van der Waals surface area (Å²) >= 11 is 0. The third-order valence-corrected chi connectivity index (χ3v) is 4.22. The van der Waals surface area contributed by atoms with Crippen LogP contribution >= 0.6 is 0 Å². The molecule has 1 aromatic rings. The molecule has 1 amide bonds. The maximum atomic E-state index is 12.4. The quantitative estimate of drug-likeness (QED) is 0.876. The molecule has 0 aromatic heterocycles. The predicted molar refractivity (Wildman–Crippen MR) is 85.5 cm³/mol. The maximum absolute atomic E-state index is 12.4. The molecule has 1 saturated heterocycles. The van der Waals surface area contributed by atoms with Gasteiger partial charge in [-0.1, -0.05) is 6.92 Å². The molecule has 0 spiro atoms. The van der Waals surface area contributed by atoms with Crippen molar-refractivity contribution in [3.8, 4) is 0 Å². The van der Waals surface area contributed by atoms with Gasteiger partial charge in [0.25, 0.3) is 5.91 Å². The number of benzene rings is 1. The number of anilines is 1. The van der Waals surface area contributed by atoms with Gasteiger partial charge in [-0.25, -0.2) is 0 Å². The van der Waals surface area contributed by atoms with E-state index in [1.807, 2.05) is 36.1 Å². The van der Waals surface area contributed by atoms with Gasteiger partial charge in [-0.15, -0.1) is 0 Å². The fraction of sp³-hybridized carbons (Fsp3) is 0.588. The largest absolute Gasteiger partial charge is 0.393 e. The van der Waals surface area contributed by atoms with Crippen LogP contribution in [0.1, 0.15) is 43.5 Å². The van der Waals surface area contributed by atoms with Crippen LogP contribution in [0.4, 0.5) is 5.69 Å². The van der Waals surface area contributed by atoms with Gasteiger partial charge in [0.1, 0.15) is 0 Å². The van der Waals surface area contributed by atoms with Crippen LogP contribution < -0.4 is 5.32 Å². The number of carbonyl (C=O) groups is 1. The number of aliphatic hydroxyl groups excluding tert-OH is 1. The smallest absolute Gasteiger partial charge is 0.253 e. The van der Waals surface area contributed by atoms with Crippen molar-refractivity contribution in [2.24, 2.45) is 5.92 Å². The highest BCUT2D eigenvalue weighted by Crippen LogP contribution is 2.22. The van der Waals surface area contributed by atoms with E-state index in [0.717, 1.165) is 50.1 Å². The van der Waals surface area contributed by atoms with E-state index in [1.165, 1.54) is 0 Å². The van der Waals surface area contributed by atoms with E-state index in [1.54, 1.807) is 0 Å². The standard InChI is InChI=1S/C17H26N2O2/c1-3-10-18-16-6-4-15(5-7-16)17(21)19-11-8-14(9-12-19)13(2)20/h4-7,13-14,18,20H,3,8-12H2,1-2H3. The van der Waals surface area contributed by atoms with Gasteiger partial charge in [-0.05, 0) is 56.4 Å². The zero-order valence-electron chi connectivity index (χ0n) is 13.0. The molecule has 1 atom stereocenters. The average molecular weight is 290 g/mol. The second-order valence-electron chi connectivity index (χ2n) is 5.87. The molecule has 1 aliphatic rings. The van der Waals surface area contributed by atoms with Crippen molar-refractivity contribution in [3.05, 3.63) is 29.8 Å². The first-order valence-electron chi connectivity index (χ1n) is 7.93. The van der Waals surface area contributed by atoms with E-state index in [4.69, 9.17) is 0 Å². The van der Waals surface area contributed by atoms with Crippen LogP contribution in [0.5, 0.6) is 0 Å².